The number of rotatable bonds is 14. The number of aromatic nitrogens is 3. The molecule has 4 heterocycles. The average molecular weight is 782 g/mol. The largest absolute Gasteiger partial charge is 0.497 e. The maximum atomic E-state index is 12.9. The zero-order valence-electron chi connectivity index (χ0n) is 31.0. The van der Waals surface area contributed by atoms with E-state index < -0.39 is 5.97 Å². The van der Waals surface area contributed by atoms with Gasteiger partial charge in [-0.05, 0) is 85.5 Å². The molecule has 2 aliphatic rings. The average Bonchev–Trinajstić information content (AvgIpc) is 3.72. The van der Waals surface area contributed by atoms with Crippen molar-refractivity contribution in [2.45, 2.75) is 75.8 Å². The molecule has 1 atom stereocenters. The predicted molar refractivity (Wildman–Crippen MR) is 215 cm³/mol. The van der Waals surface area contributed by atoms with E-state index in [9.17, 15) is 9.90 Å². The van der Waals surface area contributed by atoms with E-state index in [0.717, 1.165) is 85.6 Å². The molecule has 0 aliphatic carbocycles. The third kappa shape index (κ3) is 7.81. The van der Waals surface area contributed by atoms with Crippen LogP contribution in [0, 0.1) is 6.92 Å². The number of fused-ring (bicyclic) bond motifs is 3. The fourth-order valence-electron chi connectivity index (χ4n) is 7.72. The van der Waals surface area contributed by atoms with Crippen molar-refractivity contribution in [2.24, 2.45) is 0 Å². The summed E-state index contributed by atoms with van der Waals surface area (Å²) in [4.78, 5) is 14.1. The van der Waals surface area contributed by atoms with Crippen molar-refractivity contribution >= 4 is 51.0 Å². The minimum Gasteiger partial charge on any atom is -0.497 e. The van der Waals surface area contributed by atoms with Crippen molar-refractivity contribution in [2.75, 3.05) is 26.9 Å². The number of ether oxygens (including phenoxy) is 5. The highest BCUT2D eigenvalue weighted by Crippen LogP contribution is 2.44. The highest BCUT2D eigenvalue weighted by atomic mass is 35.5. The van der Waals surface area contributed by atoms with Gasteiger partial charge < -0.3 is 33.4 Å². The minimum atomic E-state index is -0.998. The van der Waals surface area contributed by atoms with Crippen molar-refractivity contribution in [3.05, 3.63) is 106 Å². The molecular weight excluding hydrogens is 738 g/mol. The summed E-state index contributed by atoms with van der Waals surface area (Å²) in [6, 6.07) is 24.4. The molecule has 10 nitrogen and oxygen atoms in total. The number of aromatic carboxylic acids is 1. The van der Waals surface area contributed by atoms with Gasteiger partial charge >= 0.3 is 5.97 Å². The van der Waals surface area contributed by atoms with Gasteiger partial charge in [0.05, 0.1) is 51.5 Å². The monoisotopic (exact) mass is 781 g/mol. The molecule has 0 radical (unpaired) electrons. The van der Waals surface area contributed by atoms with E-state index in [0.29, 0.717) is 56.5 Å². The first-order valence-corrected chi connectivity index (χ1v) is 20.1. The van der Waals surface area contributed by atoms with E-state index >= 15 is 0 Å². The van der Waals surface area contributed by atoms with Crippen LogP contribution in [0.3, 0.4) is 0 Å². The normalized spacial score (nSPS) is 15.7. The van der Waals surface area contributed by atoms with E-state index in [1.807, 2.05) is 52.6 Å². The molecule has 1 fully saturated rings. The third-order valence-electron chi connectivity index (χ3n) is 10.4. The third-order valence-corrected chi connectivity index (χ3v) is 11.7. The van der Waals surface area contributed by atoms with Crippen LogP contribution in [0.2, 0.25) is 5.02 Å². The van der Waals surface area contributed by atoms with Crippen LogP contribution in [0.1, 0.15) is 58.7 Å². The molecule has 8 rings (SSSR count). The lowest BCUT2D eigenvalue weighted by Crippen LogP contribution is -2.22. The smallest absolute Gasteiger partial charge is 0.352 e. The molecular formula is C43H44ClN3O7S. The molecule has 0 spiro atoms. The summed E-state index contributed by atoms with van der Waals surface area (Å²) in [5, 5.41) is 19.0. The number of carbonyl (C=O) groups is 1. The molecule has 1 N–H and O–H groups in total. The van der Waals surface area contributed by atoms with E-state index in [1.165, 1.54) is 5.56 Å². The number of benzene rings is 4. The molecule has 286 valence electrons. The van der Waals surface area contributed by atoms with Crippen LogP contribution in [-0.4, -0.2) is 58.6 Å². The first-order valence-electron chi connectivity index (χ1n) is 18.8. The van der Waals surface area contributed by atoms with E-state index in [2.05, 4.69) is 36.4 Å². The maximum Gasteiger partial charge on any atom is 0.352 e. The Morgan fingerprint density at radius 2 is 1.91 bits per heavy atom. The van der Waals surface area contributed by atoms with Gasteiger partial charge in [-0.25, -0.2) is 4.79 Å². The first kappa shape index (κ1) is 37.4. The fraction of sp³-hybridized carbons (Fsp3) is 0.349. The number of nitrogens with zero attached hydrogens (tertiary/aromatic N) is 3. The van der Waals surface area contributed by atoms with Crippen LogP contribution in [0.5, 0.6) is 11.5 Å². The lowest BCUT2D eigenvalue weighted by atomic mass is 9.96. The zero-order chi connectivity index (χ0) is 37.9. The molecule has 4 aromatic carbocycles. The minimum absolute atomic E-state index is 0.228. The van der Waals surface area contributed by atoms with Crippen LogP contribution in [0.4, 0.5) is 0 Å². The molecule has 0 amide bonds. The lowest BCUT2D eigenvalue weighted by molar-refractivity contribution is -0.169. The summed E-state index contributed by atoms with van der Waals surface area (Å²) in [6.07, 6.45) is 3.21. The highest BCUT2D eigenvalue weighted by Gasteiger charge is 2.30. The SMILES string of the molecule is COc1ccc(CSc2cc(OCCCn3c(C(=O)O)c(C)c4c(-c5c(COC6CCCCO6)nn6c5COCC6)c(Cl)ccc43)c3ccccc3c2)cc1. The van der Waals surface area contributed by atoms with Gasteiger partial charge in [-0.1, -0.05) is 48.0 Å². The quantitative estimate of drug-likeness (QED) is 0.0854. The van der Waals surface area contributed by atoms with Crippen LogP contribution in [-0.2, 0) is 46.3 Å². The van der Waals surface area contributed by atoms with Gasteiger partial charge in [-0.15, -0.1) is 11.8 Å². The van der Waals surface area contributed by atoms with Gasteiger partial charge in [0.2, 0.25) is 0 Å². The summed E-state index contributed by atoms with van der Waals surface area (Å²) in [6.45, 7) is 5.14. The van der Waals surface area contributed by atoms with Gasteiger partial charge in [0.25, 0.3) is 0 Å². The molecule has 1 unspecified atom stereocenters. The highest BCUT2D eigenvalue weighted by molar-refractivity contribution is 7.98. The number of methoxy groups -OCH3 is 1. The molecule has 2 aromatic heterocycles. The summed E-state index contributed by atoms with van der Waals surface area (Å²) in [7, 11) is 1.67. The lowest BCUT2D eigenvalue weighted by Gasteiger charge is -2.22. The Balaban J connectivity index is 1.06. The Morgan fingerprint density at radius 3 is 2.71 bits per heavy atom. The van der Waals surface area contributed by atoms with Crippen LogP contribution >= 0.6 is 23.4 Å². The number of thioether (sulfide) groups is 1. The van der Waals surface area contributed by atoms with Gasteiger partial charge in [-0.3, -0.25) is 4.68 Å². The standard InChI is InChI=1S/C43H44ClN3O7S/c1-27-39-35(16-15-33(44)40(39)41-34(24-54-38-10-5-6-19-53-38)45-47-18-21-51-25-36(41)47)46(42(27)43(48)49)17-7-20-52-37-23-31(22-29-8-3-4-9-32(29)37)55-26-28-11-13-30(50-2)14-12-28/h3-4,8-9,11-16,22-23,38H,5-7,10,17-21,24-26H2,1-2H3,(H,48,49). The van der Waals surface area contributed by atoms with Gasteiger partial charge in [-0.2, -0.15) is 5.10 Å². The van der Waals surface area contributed by atoms with Crippen molar-refractivity contribution in [1.29, 1.82) is 0 Å². The van der Waals surface area contributed by atoms with Crippen molar-refractivity contribution in [3.63, 3.8) is 0 Å². The zero-order valence-corrected chi connectivity index (χ0v) is 32.6. The molecule has 12 heteroatoms. The Bertz CT molecular complexity index is 2330. The van der Waals surface area contributed by atoms with Gasteiger partial charge in [0.15, 0.2) is 6.29 Å². The molecule has 55 heavy (non-hydrogen) atoms. The fourth-order valence-corrected chi connectivity index (χ4v) is 8.90. The number of halogens is 1. The second kappa shape index (κ2) is 16.7. The second-order valence-electron chi connectivity index (χ2n) is 13.9. The number of hydrogen-bond donors (Lipinski definition) is 1. The molecule has 0 bridgehead atoms. The molecule has 2 aliphatic heterocycles. The van der Waals surface area contributed by atoms with Gasteiger partial charge in [0.1, 0.15) is 17.2 Å². The predicted octanol–water partition coefficient (Wildman–Crippen LogP) is 9.66. The maximum absolute atomic E-state index is 12.9. The van der Waals surface area contributed by atoms with Crippen molar-refractivity contribution in [3.8, 4) is 22.6 Å². The number of aryl methyl sites for hydroxylation is 2. The number of carboxylic acids is 1. The summed E-state index contributed by atoms with van der Waals surface area (Å²) >= 11 is 8.82. The molecule has 6 aromatic rings. The van der Waals surface area contributed by atoms with Crippen molar-refractivity contribution < 1.29 is 33.6 Å². The van der Waals surface area contributed by atoms with Crippen LogP contribution in [0.25, 0.3) is 32.8 Å². The number of carboxylic acid groups (broad SMARTS) is 1. The Hall–Kier alpha value is -4.52. The van der Waals surface area contributed by atoms with Crippen LogP contribution < -0.4 is 9.47 Å². The Labute approximate surface area is 329 Å². The van der Waals surface area contributed by atoms with E-state index in [-0.39, 0.29) is 18.6 Å². The topological polar surface area (TPSA) is 106 Å². The number of hydrogen-bond acceptors (Lipinski definition) is 8. The van der Waals surface area contributed by atoms with E-state index in [4.69, 9.17) is 40.4 Å². The second-order valence-corrected chi connectivity index (χ2v) is 15.3. The summed E-state index contributed by atoms with van der Waals surface area (Å²) in [5.74, 6) is 1.45. The summed E-state index contributed by atoms with van der Waals surface area (Å²) in [5.41, 5.74) is 6.09. The Kier molecular flexibility index (Phi) is 11.3. The molecule has 0 saturated carbocycles. The summed E-state index contributed by atoms with van der Waals surface area (Å²) < 4.78 is 33.6. The Morgan fingerprint density at radius 1 is 1.05 bits per heavy atom. The van der Waals surface area contributed by atoms with Gasteiger partial charge in [0, 0.05) is 56.2 Å². The van der Waals surface area contributed by atoms with E-state index in [1.54, 1.807) is 18.9 Å². The molecule has 1 saturated heterocycles. The van der Waals surface area contributed by atoms with Crippen molar-refractivity contribution in [1.82, 2.24) is 14.3 Å². The first-order chi connectivity index (χ1) is 26.9. The van der Waals surface area contributed by atoms with Crippen LogP contribution in [0.15, 0.2) is 77.7 Å².